The Kier molecular flexibility index (Phi) is 3.44. The first-order chi connectivity index (χ1) is 7.63. The first kappa shape index (κ1) is 11.8. The highest BCUT2D eigenvalue weighted by molar-refractivity contribution is 6.23. The van der Waals surface area contributed by atoms with E-state index in [1.54, 1.807) is 0 Å². The summed E-state index contributed by atoms with van der Waals surface area (Å²) in [6.07, 6.45) is 3.68. The maximum absolute atomic E-state index is 6.39. The molecule has 2 atom stereocenters. The second kappa shape index (κ2) is 4.67. The SMILES string of the molecule is CCCCC1c2c(C)cc(C)cc2NC1Cl. The Balaban J connectivity index is 2.32. The molecule has 0 bridgehead atoms. The number of anilines is 1. The minimum absolute atomic E-state index is 0.0713. The fourth-order valence-corrected chi connectivity index (χ4v) is 3.07. The highest BCUT2D eigenvalue weighted by Crippen LogP contribution is 2.42. The molecular formula is C14H20ClN. The number of halogens is 1. The lowest BCUT2D eigenvalue weighted by atomic mass is 9.91. The lowest BCUT2D eigenvalue weighted by Crippen LogP contribution is -2.13. The molecule has 16 heavy (non-hydrogen) atoms. The molecule has 2 unspecified atom stereocenters. The molecule has 0 aliphatic carbocycles. The Hall–Kier alpha value is -0.690. The molecule has 1 nitrogen and oxygen atoms in total. The molecule has 1 aliphatic heterocycles. The van der Waals surface area contributed by atoms with Crippen LogP contribution in [0.15, 0.2) is 12.1 Å². The summed E-state index contributed by atoms with van der Waals surface area (Å²) in [5.41, 5.74) is 5.45. The van der Waals surface area contributed by atoms with Gasteiger partial charge in [0, 0.05) is 11.6 Å². The molecule has 1 aromatic rings. The van der Waals surface area contributed by atoms with Gasteiger partial charge in [0.2, 0.25) is 0 Å². The van der Waals surface area contributed by atoms with Gasteiger partial charge >= 0.3 is 0 Å². The van der Waals surface area contributed by atoms with Crippen molar-refractivity contribution in [3.05, 3.63) is 28.8 Å². The molecule has 0 fully saturated rings. The summed E-state index contributed by atoms with van der Waals surface area (Å²) in [7, 11) is 0. The Morgan fingerprint density at radius 2 is 2.06 bits per heavy atom. The number of nitrogens with one attached hydrogen (secondary N) is 1. The van der Waals surface area contributed by atoms with Crippen molar-refractivity contribution >= 4 is 17.3 Å². The average Bonchev–Trinajstić information content (AvgIpc) is 2.51. The highest BCUT2D eigenvalue weighted by atomic mass is 35.5. The fraction of sp³-hybridized carbons (Fsp3) is 0.571. The van der Waals surface area contributed by atoms with Gasteiger partial charge in [0.05, 0.1) is 0 Å². The van der Waals surface area contributed by atoms with E-state index in [-0.39, 0.29) is 5.50 Å². The first-order valence-corrected chi connectivity index (χ1v) is 6.59. The van der Waals surface area contributed by atoms with Gasteiger partial charge in [0.25, 0.3) is 0 Å². The van der Waals surface area contributed by atoms with Gasteiger partial charge in [-0.05, 0) is 43.0 Å². The maximum Gasteiger partial charge on any atom is 0.108 e. The molecule has 2 rings (SSSR count). The fourth-order valence-electron chi connectivity index (χ4n) is 2.70. The second-order valence-electron chi connectivity index (χ2n) is 4.84. The van der Waals surface area contributed by atoms with Gasteiger partial charge in [0.1, 0.15) is 5.50 Å². The summed E-state index contributed by atoms with van der Waals surface area (Å²) >= 11 is 6.39. The van der Waals surface area contributed by atoms with Crippen LogP contribution in [0.3, 0.4) is 0 Å². The van der Waals surface area contributed by atoms with E-state index in [0.29, 0.717) is 5.92 Å². The molecule has 88 valence electrons. The standard InChI is InChI=1S/C14H20ClN/c1-4-5-6-11-13-10(3)7-9(2)8-12(13)16-14(11)15/h7-8,11,14,16H,4-6H2,1-3H3. The number of fused-ring (bicyclic) bond motifs is 1. The zero-order chi connectivity index (χ0) is 11.7. The van der Waals surface area contributed by atoms with E-state index in [4.69, 9.17) is 11.6 Å². The van der Waals surface area contributed by atoms with Crippen molar-refractivity contribution in [1.82, 2.24) is 0 Å². The molecule has 0 amide bonds. The van der Waals surface area contributed by atoms with Crippen LogP contribution in [0.2, 0.25) is 0 Å². The largest absolute Gasteiger partial charge is 0.368 e. The second-order valence-corrected chi connectivity index (χ2v) is 5.31. The van der Waals surface area contributed by atoms with Crippen LogP contribution in [0, 0.1) is 13.8 Å². The minimum atomic E-state index is 0.0713. The summed E-state index contributed by atoms with van der Waals surface area (Å²) in [5, 5.41) is 3.40. The predicted molar refractivity (Wildman–Crippen MR) is 71.4 cm³/mol. The Labute approximate surface area is 103 Å². The van der Waals surface area contributed by atoms with Gasteiger partial charge in [-0.3, -0.25) is 0 Å². The smallest absolute Gasteiger partial charge is 0.108 e. The summed E-state index contributed by atoms with van der Waals surface area (Å²) in [5.74, 6) is 0.484. The summed E-state index contributed by atoms with van der Waals surface area (Å²) < 4.78 is 0. The van der Waals surface area contributed by atoms with Gasteiger partial charge in [0.15, 0.2) is 0 Å². The van der Waals surface area contributed by atoms with Gasteiger partial charge in [-0.2, -0.15) is 0 Å². The van der Waals surface area contributed by atoms with Crippen LogP contribution < -0.4 is 5.32 Å². The van der Waals surface area contributed by atoms with Gasteiger partial charge in [-0.1, -0.05) is 37.4 Å². The normalized spacial score (nSPS) is 23.0. The number of benzene rings is 1. The molecule has 2 heteroatoms. The van der Waals surface area contributed by atoms with E-state index in [1.807, 2.05) is 0 Å². The van der Waals surface area contributed by atoms with E-state index in [9.17, 15) is 0 Å². The summed E-state index contributed by atoms with van der Waals surface area (Å²) in [6, 6.07) is 4.47. The van der Waals surface area contributed by atoms with Crippen molar-refractivity contribution < 1.29 is 0 Å². The molecule has 0 saturated carbocycles. The number of hydrogen-bond acceptors (Lipinski definition) is 1. The molecule has 0 saturated heterocycles. The van der Waals surface area contributed by atoms with E-state index in [0.717, 1.165) is 0 Å². The molecule has 0 aromatic heterocycles. The molecule has 0 radical (unpaired) electrons. The Morgan fingerprint density at radius 3 is 2.75 bits per heavy atom. The lowest BCUT2D eigenvalue weighted by Gasteiger charge is -2.15. The first-order valence-electron chi connectivity index (χ1n) is 6.15. The summed E-state index contributed by atoms with van der Waals surface area (Å²) in [6.45, 7) is 6.56. The van der Waals surface area contributed by atoms with Crippen molar-refractivity contribution in [3.8, 4) is 0 Å². The molecule has 1 aliphatic rings. The number of hydrogen-bond donors (Lipinski definition) is 1. The summed E-state index contributed by atoms with van der Waals surface area (Å²) in [4.78, 5) is 0. The highest BCUT2D eigenvalue weighted by Gasteiger charge is 2.31. The zero-order valence-electron chi connectivity index (χ0n) is 10.3. The lowest BCUT2D eigenvalue weighted by molar-refractivity contribution is 0.598. The number of rotatable bonds is 3. The quantitative estimate of drug-likeness (QED) is 0.600. The van der Waals surface area contributed by atoms with Gasteiger partial charge < -0.3 is 5.32 Å². The molecule has 0 spiro atoms. The number of unbranched alkanes of at least 4 members (excludes halogenated alkanes) is 1. The van der Waals surface area contributed by atoms with Gasteiger partial charge in [-0.15, -0.1) is 0 Å². The molecular weight excluding hydrogens is 218 g/mol. The zero-order valence-corrected chi connectivity index (χ0v) is 11.1. The number of aryl methyl sites for hydroxylation is 2. The third-order valence-electron chi connectivity index (χ3n) is 3.42. The van der Waals surface area contributed by atoms with Crippen LogP contribution in [-0.2, 0) is 0 Å². The average molecular weight is 238 g/mol. The monoisotopic (exact) mass is 237 g/mol. The molecule has 1 aromatic carbocycles. The molecule has 1 N–H and O–H groups in total. The van der Waals surface area contributed by atoms with Crippen molar-refractivity contribution in [2.24, 2.45) is 0 Å². The van der Waals surface area contributed by atoms with Crippen LogP contribution in [-0.4, -0.2) is 5.50 Å². The predicted octanol–water partition coefficient (Wildman–Crippen LogP) is 4.57. The van der Waals surface area contributed by atoms with Crippen molar-refractivity contribution in [3.63, 3.8) is 0 Å². The van der Waals surface area contributed by atoms with Crippen molar-refractivity contribution in [1.29, 1.82) is 0 Å². The van der Waals surface area contributed by atoms with Crippen molar-refractivity contribution in [2.45, 2.75) is 51.5 Å². The Bertz CT molecular complexity index is 387. The van der Waals surface area contributed by atoms with E-state index in [2.05, 4.69) is 38.2 Å². The molecule has 1 heterocycles. The van der Waals surface area contributed by atoms with Crippen LogP contribution in [0.25, 0.3) is 0 Å². The maximum atomic E-state index is 6.39. The third kappa shape index (κ3) is 2.06. The van der Waals surface area contributed by atoms with Gasteiger partial charge in [-0.25, -0.2) is 0 Å². The number of alkyl halides is 1. The van der Waals surface area contributed by atoms with E-state index < -0.39 is 0 Å². The topological polar surface area (TPSA) is 12.0 Å². The Morgan fingerprint density at radius 1 is 1.31 bits per heavy atom. The van der Waals surface area contributed by atoms with E-state index in [1.165, 1.54) is 41.6 Å². The van der Waals surface area contributed by atoms with Crippen LogP contribution in [0.1, 0.15) is 48.8 Å². The minimum Gasteiger partial charge on any atom is -0.368 e. The van der Waals surface area contributed by atoms with Crippen LogP contribution in [0.5, 0.6) is 0 Å². The third-order valence-corrected chi connectivity index (χ3v) is 3.83. The van der Waals surface area contributed by atoms with Crippen molar-refractivity contribution in [2.75, 3.05) is 5.32 Å². The van der Waals surface area contributed by atoms with Crippen LogP contribution in [0.4, 0.5) is 5.69 Å². The van der Waals surface area contributed by atoms with E-state index >= 15 is 0 Å². The van der Waals surface area contributed by atoms with Crippen LogP contribution >= 0.6 is 11.6 Å².